The second-order valence-corrected chi connectivity index (χ2v) is 7.03. The third kappa shape index (κ3) is 4.83. The van der Waals surface area contributed by atoms with E-state index in [1.165, 1.54) is 6.92 Å². The van der Waals surface area contributed by atoms with Crippen molar-refractivity contribution in [1.29, 1.82) is 0 Å². The molecule has 0 aromatic carbocycles. The number of likely N-dealkylation sites (tertiary alicyclic amines) is 1. The fraction of sp³-hybridized carbons (Fsp3) is 0.812. The molecule has 1 heterocycles. The van der Waals surface area contributed by atoms with Gasteiger partial charge in [0, 0.05) is 19.0 Å². The van der Waals surface area contributed by atoms with Crippen LogP contribution >= 0.6 is 0 Å². The van der Waals surface area contributed by atoms with Gasteiger partial charge in [0.25, 0.3) is 0 Å². The zero-order valence-electron chi connectivity index (χ0n) is 13.9. The Hall–Kier alpha value is -1.39. The third-order valence-electron chi connectivity index (χ3n) is 4.01. The van der Waals surface area contributed by atoms with E-state index in [9.17, 15) is 14.4 Å². The summed E-state index contributed by atoms with van der Waals surface area (Å²) in [6.45, 7) is 11.5. The molecule has 0 aliphatic carbocycles. The Labute approximate surface area is 127 Å². The van der Waals surface area contributed by atoms with Gasteiger partial charge in [-0.3, -0.25) is 9.59 Å². The van der Waals surface area contributed by atoms with Crippen molar-refractivity contribution in [3.05, 3.63) is 0 Å². The fourth-order valence-electron chi connectivity index (χ4n) is 2.45. The highest BCUT2D eigenvalue weighted by atomic mass is 16.6. The molecule has 0 N–H and O–H groups in total. The number of carbonyl (C=O) groups is 3. The molecule has 1 aliphatic heterocycles. The van der Waals surface area contributed by atoms with Gasteiger partial charge in [0.05, 0.1) is 5.92 Å². The van der Waals surface area contributed by atoms with Crippen molar-refractivity contribution in [2.24, 2.45) is 17.8 Å². The summed E-state index contributed by atoms with van der Waals surface area (Å²) >= 11 is 0. The average molecular weight is 297 g/mol. The Morgan fingerprint density at radius 1 is 1.24 bits per heavy atom. The second-order valence-electron chi connectivity index (χ2n) is 7.03. The van der Waals surface area contributed by atoms with E-state index in [0.29, 0.717) is 13.1 Å². The quantitative estimate of drug-likeness (QED) is 0.751. The molecule has 1 rings (SSSR count). The number of hydrogen-bond donors (Lipinski definition) is 0. The van der Waals surface area contributed by atoms with Crippen molar-refractivity contribution in [3.8, 4) is 0 Å². The van der Waals surface area contributed by atoms with Gasteiger partial charge >= 0.3 is 6.09 Å². The van der Waals surface area contributed by atoms with Crippen LogP contribution in [0.15, 0.2) is 0 Å². The first-order chi connectivity index (χ1) is 9.53. The molecular weight excluding hydrogens is 270 g/mol. The van der Waals surface area contributed by atoms with Crippen LogP contribution in [-0.4, -0.2) is 41.3 Å². The standard InChI is InChI=1S/C16H27NO4/c1-10-7-8-17(15(20)21-16(4,5)6)9-13(10)14(19)11(2)12(3)18/h10-11,13H,7-9H2,1-6H3/t10-,11?,13+/m0/s1. The van der Waals surface area contributed by atoms with E-state index in [1.807, 2.05) is 27.7 Å². The lowest BCUT2D eigenvalue weighted by atomic mass is 9.79. The number of piperidine rings is 1. The highest BCUT2D eigenvalue weighted by Crippen LogP contribution is 2.27. The summed E-state index contributed by atoms with van der Waals surface area (Å²) < 4.78 is 5.36. The van der Waals surface area contributed by atoms with Gasteiger partial charge < -0.3 is 9.64 Å². The minimum atomic E-state index is -0.601. The second kappa shape index (κ2) is 6.58. The molecule has 1 amide bonds. The number of nitrogens with zero attached hydrogens (tertiary/aromatic N) is 1. The van der Waals surface area contributed by atoms with Crippen molar-refractivity contribution in [3.63, 3.8) is 0 Å². The molecule has 0 saturated carbocycles. The van der Waals surface area contributed by atoms with E-state index in [0.717, 1.165) is 6.42 Å². The summed E-state index contributed by atoms with van der Waals surface area (Å²) in [4.78, 5) is 37.5. The number of amides is 1. The van der Waals surface area contributed by atoms with Gasteiger partial charge in [-0.25, -0.2) is 4.79 Å². The molecule has 0 radical (unpaired) electrons. The highest BCUT2D eigenvalue weighted by Gasteiger charge is 2.37. The van der Waals surface area contributed by atoms with Crippen LogP contribution in [0.3, 0.4) is 0 Å². The maximum atomic E-state index is 12.4. The van der Waals surface area contributed by atoms with E-state index in [1.54, 1.807) is 11.8 Å². The number of hydrogen-bond acceptors (Lipinski definition) is 4. The summed E-state index contributed by atoms with van der Waals surface area (Å²) in [7, 11) is 0. The smallest absolute Gasteiger partial charge is 0.410 e. The van der Waals surface area contributed by atoms with Gasteiger partial charge in [-0.1, -0.05) is 6.92 Å². The molecule has 1 fully saturated rings. The Morgan fingerprint density at radius 2 is 1.81 bits per heavy atom. The molecular formula is C16H27NO4. The maximum absolute atomic E-state index is 12.4. The Kier molecular flexibility index (Phi) is 5.54. The third-order valence-corrected chi connectivity index (χ3v) is 4.01. The average Bonchev–Trinajstić information content (AvgIpc) is 2.35. The zero-order valence-corrected chi connectivity index (χ0v) is 13.9. The molecule has 0 aromatic heterocycles. The number of carbonyl (C=O) groups excluding carboxylic acids is 3. The van der Waals surface area contributed by atoms with Crippen molar-refractivity contribution in [1.82, 2.24) is 4.90 Å². The Bertz CT molecular complexity index is 424. The Balaban J connectivity index is 2.76. The molecule has 3 atom stereocenters. The summed E-state index contributed by atoms with van der Waals surface area (Å²) in [5, 5.41) is 0. The number of rotatable bonds is 3. The van der Waals surface area contributed by atoms with Crippen molar-refractivity contribution in [2.75, 3.05) is 13.1 Å². The number of ketones is 2. The first kappa shape index (κ1) is 17.7. The fourth-order valence-corrected chi connectivity index (χ4v) is 2.45. The molecule has 5 heteroatoms. The SMILES string of the molecule is CC(=O)C(C)C(=O)[C@@H]1CN(C(=O)OC(C)(C)C)CC[C@@H]1C. The molecule has 120 valence electrons. The first-order valence-electron chi connectivity index (χ1n) is 7.55. The number of ether oxygens (including phenoxy) is 1. The molecule has 0 spiro atoms. The minimum Gasteiger partial charge on any atom is -0.444 e. The van der Waals surface area contributed by atoms with Crippen LogP contribution in [0.2, 0.25) is 0 Å². The highest BCUT2D eigenvalue weighted by molar-refractivity contribution is 6.02. The van der Waals surface area contributed by atoms with Crippen LogP contribution in [0.1, 0.15) is 48.0 Å². The van der Waals surface area contributed by atoms with Crippen molar-refractivity contribution < 1.29 is 19.1 Å². The summed E-state index contributed by atoms with van der Waals surface area (Å²) in [5.74, 6) is -0.899. The summed E-state index contributed by atoms with van der Waals surface area (Å²) in [6.07, 6.45) is 0.364. The van der Waals surface area contributed by atoms with Gasteiger partial charge in [0.2, 0.25) is 0 Å². The lowest BCUT2D eigenvalue weighted by Crippen LogP contribution is -2.48. The number of Topliss-reactive ketones (excluding diaryl/α,β-unsaturated/α-hetero) is 2. The summed E-state index contributed by atoms with van der Waals surface area (Å²) in [6, 6.07) is 0. The van der Waals surface area contributed by atoms with E-state index < -0.39 is 11.5 Å². The van der Waals surface area contributed by atoms with Crippen LogP contribution in [0.25, 0.3) is 0 Å². The minimum absolute atomic E-state index is 0.0664. The van der Waals surface area contributed by atoms with Gasteiger partial charge in [-0.15, -0.1) is 0 Å². The van der Waals surface area contributed by atoms with Crippen LogP contribution in [0.4, 0.5) is 4.79 Å². The molecule has 5 nitrogen and oxygen atoms in total. The molecule has 1 unspecified atom stereocenters. The van der Waals surface area contributed by atoms with E-state index in [-0.39, 0.29) is 29.5 Å². The van der Waals surface area contributed by atoms with Gasteiger partial charge in [-0.2, -0.15) is 0 Å². The largest absolute Gasteiger partial charge is 0.444 e. The van der Waals surface area contributed by atoms with Gasteiger partial charge in [0.15, 0.2) is 0 Å². The van der Waals surface area contributed by atoms with E-state index in [4.69, 9.17) is 4.74 Å². The van der Waals surface area contributed by atoms with Crippen molar-refractivity contribution >= 4 is 17.7 Å². The van der Waals surface area contributed by atoms with E-state index >= 15 is 0 Å². The zero-order chi connectivity index (χ0) is 16.4. The predicted molar refractivity (Wildman–Crippen MR) is 79.9 cm³/mol. The van der Waals surface area contributed by atoms with E-state index in [2.05, 4.69) is 0 Å². The monoisotopic (exact) mass is 297 g/mol. The summed E-state index contributed by atoms with van der Waals surface area (Å²) in [5.41, 5.74) is -0.549. The molecule has 0 aromatic rings. The topological polar surface area (TPSA) is 63.7 Å². The van der Waals surface area contributed by atoms with Crippen LogP contribution in [-0.2, 0) is 14.3 Å². The predicted octanol–water partition coefficient (Wildman–Crippen LogP) is 2.67. The van der Waals surface area contributed by atoms with Crippen LogP contribution in [0, 0.1) is 17.8 Å². The normalized spacial score (nSPS) is 24.4. The van der Waals surface area contributed by atoms with Crippen LogP contribution in [0.5, 0.6) is 0 Å². The van der Waals surface area contributed by atoms with Crippen LogP contribution < -0.4 is 0 Å². The Morgan fingerprint density at radius 3 is 2.29 bits per heavy atom. The van der Waals surface area contributed by atoms with Gasteiger partial charge in [0.1, 0.15) is 17.2 Å². The maximum Gasteiger partial charge on any atom is 0.410 e. The lowest BCUT2D eigenvalue weighted by molar-refractivity contribution is -0.135. The van der Waals surface area contributed by atoms with Gasteiger partial charge in [-0.05, 0) is 47.0 Å². The lowest BCUT2D eigenvalue weighted by Gasteiger charge is -2.37. The first-order valence-corrected chi connectivity index (χ1v) is 7.55. The molecule has 0 bridgehead atoms. The van der Waals surface area contributed by atoms with Crippen molar-refractivity contribution in [2.45, 2.75) is 53.6 Å². The molecule has 1 saturated heterocycles. The molecule has 1 aliphatic rings. The molecule has 21 heavy (non-hydrogen) atoms.